The summed E-state index contributed by atoms with van der Waals surface area (Å²) in [5, 5.41) is 17.7. The second-order valence-corrected chi connectivity index (χ2v) is 3.35. The van der Waals surface area contributed by atoms with Crippen molar-refractivity contribution in [2.24, 2.45) is 5.73 Å². The molecule has 0 aliphatic rings. The number of nitriles is 1. The number of aliphatic hydroxyl groups excluding tert-OH is 1. The van der Waals surface area contributed by atoms with Crippen LogP contribution in [0, 0.1) is 17.1 Å². The fraction of sp³-hybridized carbons (Fsp3) is 0.300. The Bertz CT molecular complexity index is 382. The molecule has 14 heavy (non-hydrogen) atoms. The lowest BCUT2D eigenvalue weighted by atomic mass is 9.90. The Hall–Kier alpha value is -1.44. The van der Waals surface area contributed by atoms with E-state index in [1.54, 1.807) is 13.0 Å². The van der Waals surface area contributed by atoms with Gasteiger partial charge < -0.3 is 10.8 Å². The van der Waals surface area contributed by atoms with E-state index in [4.69, 9.17) is 16.1 Å². The lowest BCUT2D eigenvalue weighted by Crippen LogP contribution is -2.37. The molecule has 3 nitrogen and oxygen atoms in total. The van der Waals surface area contributed by atoms with Crippen molar-refractivity contribution in [2.75, 3.05) is 6.61 Å². The minimum atomic E-state index is -1.09. The van der Waals surface area contributed by atoms with Gasteiger partial charge in [-0.05, 0) is 18.6 Å². The summed E-state index contributed by atoms with van der Waals surface area (Å²) in [6.07, 6.45) is 0. The van der Waals surface area contributed by atoms with E-state index in [-0.39, 0.29) is 12.2 Å². The van der Waals surface area contributed by atoms with Crippen molar-refractivity contribution in [3.63, 3.8) is 0 Å². The van der Waals surface area contributed by atoms with Gasteiger partial charge in [-0.1, -0.05) is 12.1 Å². The van der Waals surface area contributed by atoms with Gasteiger partial charge in [0.15, 0.2) is 0 Å². The van der Waals surface area contributed by atoms with Crippen molar-refractivity contribution in [3.8, 4) is 6.07 Å². The fourth-order valence-corrected chi connectivity index (χ4v) is 1.20. The van der Waals surface area contributed by atoms with Crippen LogP contribution in [-0.2, 0) is 5.54 Å². The average molecular weight is 194 g/mol. The maximum absolute atomic E-state index is 13.2. The molecule has 0 heterocycles. The van der Waals surface area contributed by atoms with E-state index < -0.39 is 11.4 Å². The van der Waals surface area contributed by atoms with Gasteiger partial charge in [0.25, 0.3) is 0 Å². The first-order valence-corrected chi connectivity index (χ1v) is 4.12. The van der Waals surface area contributed by atoms with Gasteiger partial charge in [-0.2, -0.15) is 5.26 Å². The van der Waals surface area contributed by atoms with Gasteiger partial charge in [0.05, 0.1) is 17.7 Å². The number of hydrogen-bond acceptors (Lipinski definition) is 3. The molecule has 0 radical (unpaired) electrons. The third-order valence-corrected chi connectivity index (χ3v) is 2.07. The van der Waals surface area contributed by atoms with Crippen molar-refractivity contribution >= 4 is 0 Å². The van der Waals surface area contributed by atoms with Gasteiger partial charge in [0.1, 0.15) is 11.9 Å². The molecule has 0 aromatic heterocycles. The molecule has 0 spiro atoms. The summed E-state index contributed by atoms with van der Waals surface area (Å²) in [5.41, 5.74) is 4.84. The van der Waals surface area contributed by atoms with E-state index in [0.717, 1.165) is 0 Å². The molecule has 1 rings (SSSR count). The van der Waals surface area contributed by atoms with Crippen LogP contribution in [0.25, 0.3) is 0 Å². The molecule has 0 amide bonds. The molecule has 3 N–H and O–H groups in total. The third kappa shape index (κ3) is 1.74. The van der Waals surface area contributed by atoms with Crippen LogP contribution in [0.15, 0.2) is 18.2 Å². The standard InChI is InChI=1S/C10H11FN2O/c1-10(13,6-14)8-3-2-4-9(11)7(8)5-12/h2-4,14H,6,13H2,1H3/t10-/m1/s1. The van der Waals surface area contributed by atoms with Crippen LogP contribution in [-0.4, -0.2) is 11.7 Å². The van der Waals surface area contributed by atoms with Crippen molar-refractivity contribution in [1.29, 1.82) is 5.26 Å². The van der Waals surface area contributed by atoms with Crippen molar-refractivity contribution in [2.45, 2.75) is 12.5 Å². The van der Waals surface area contributed by atoms with Gasteiger partial charge in [-0.15, -0.1) is 0 Å². The monoisotopic (exact) mass is 194 g/mol. The van der Waals surface area contributed by atoms with E-state index in [0.29, 0.717) is 5.56 Å². The molecule has 0 aliphatic heterocycles. The number of nitrogens with zero attached hydrogens (tertiary/aromatic N) is 1. The molecule has 0 fully saturated rings. The minimum absolute atomic E-state index is 0.105. The predicted octanol–water partition coefficient (Wildman–Crippen LogP) is 0.864. The van der Waals surface area contributed by atoms with Gasteiger partial charge in [-0.3, -0.25) is 0 Å². The smallest absolute Gasteiger partial charge is 0.141 e. The highest BCUT2D eigenvalue weighted by molar-refractivity contribution is 5.42. The molecular weight excluding hydrogens is 183 g/mol. The molecule has 1 aromatic rings. The first kappa shape index (κ1) is 10.6. The molecule has 0 saturated carbocycles. The van der Waals surface area contributed by atoms with E-state index in [2.05, 4.69) is 0 Å². The van der Waals surface area contributed by atoms with Crippen LogP contribution in [0.2, 0.25) is 0 Å². The first-order chi connectivity index (χ1) is 6.53. The highest BCUT2D eigenvalue weighted by Crippen LogP contribution is 2.22. The molecule has 0 saturated heterocycles. The second-order valence-electron chi connectivity index (χ2n) is 3.35. The number of rotatable bonds is 2. The minimum Gasteiger partial charge on any atom is -0.394 e. The van der Waals surface area contributed by atoms with Gasteiger partial charge in [0, 0.05) is 0 Å². The summed E-state index contributed by atoms with van der Waals surface area (Å²) in [6, 6.07) is 5.93. The highest BCUT2D eigenvalue weighted by atomic mass is 19.1. The maximum Gasteiger partial charge on any atom is 0.141 e. The highest BCUT2D eigenvalue weighted by Gasteiger charge is 2.24. The zero-order valence-corrected chi connectivity index (χ0v) is 7.79. The van der Waals surface area contributed by atoms with Gasteiger partial charge in [-0.25, -0.2) is 4.39 Å². The summed E-state index contributed by atoms with van der Waals surface area (Å²) in [6.45, 7) is 1.20. The van der Waals surface area contributed by atoms with Gasteiger partial charge in [0.2, 0.25) is 0 Å². The summed E-state index contributed by atoms with van der Waals surface area (Å²) in [7, 11) is 0. The van der Waals surface area contributed by atoms with Gasteiger partial charge >= 0.3 is 0 Å². The Morgan fingerprint density at radius 2 is 2.29 bits per heavy atom. The van der Waals surface area contributed by atoms with Crippen molar-refractivity contribution in [3.05, 3.63) is 35.1 Å². The number of aliphatic hydroxyl groups is 1. The molecular formula is C10H11FN2O. The molecule has 1 aromatic carbocycles. The van der Waals surface area contributed by atoms with Crippen LogP contribution < -0.4 is 5.73 Å². The summed E-state index contributed by atoms with van der Waals surface area (Å²) in [4.78, 5) is 0. The number of nitrogens with two attached hydrogens (primary N) is 1. The summed E-state index contributed by atoms with van der Waals surface area (Å²) >= 11 is 0. The lowest BCUT2D eigenvalue weighted by molar-refractivity contribution is 0.209. The third-order valence-electron chi connectivity index (χ3n) is 2.07. The number of halogens is 1. The molecule has 0 aliphatic carbocycles. The number of hydrogen-bond donors (Lipinski definition) is 2. The van der Waals surface area contributed by atoms with Crippen LogP contribution in [0.4, 0.5) is 4.39 Å². The molecule has 74 valence electrons. The predicted molar refractivity (Wildman–Crippen MR) is 49.7 cm³/mol. The van der Waals surface area contributed by atoms with Crippen LogP contribution >= 0.6 is 0 Å². The largest absolute Gasteiger partial charge is 0.394 e. The van der Waals surface area contributed by atoms with Crippen LogP contribution in [0.5, 0.6) is 0 Å². The molecule has 4 heteroatoms. The summed E-state index contributed by atoms with van der Waals surface area (Å²) < 4.78 is 13.2. The fourth-order valence-electron chi connectivity index (χ4n) is 1.20. The topological polar surface area (TPSA) is 70.0 Å². The van der Waals surface area contributed by atoms with Crippen molar-refractivity contribution < 1.29 is 9.50 Å². The van der Waals surface area contributed by atoms with Crippen molar-refractivity contribution in [1.82, 2.24) is 0 Å². The maximum atomic E-state index is 13.2. The second kappa shape index (κ2) is 3.74. The van der Waals surface area contributed by atoms with E-state index in [1.165, 1.54) is 18.2 Å². The zero-order valence-electron chi connectivity index (χ0n) is 7.79. The van der Waals surface area contributed by atoms with E-state index in [9.17, 15) is 4.39 Å². The van der Waals surface area contributed by atoms with E-state index in [1.807, 2.05) is 0 Å². The summed E-state index contributed by atoms with van der Waals surface area (Å²) in [5.74, 6) is -0.616. The Kier molecular flexibility index (Phi) is 2.84. The molecule has 1 atom stereocenters. The first-order valence-electron chi connectivity index (χ1n) is 4.12. The zero-order chi connectivity index (χ0) is 10.8. The quantitative estimate of drug-likeness (QED) is 0.733. The Morgan fingerprint density at radius 1 is 1.64 bits per heavy atom. The Morgan fingerprint density at radius 3 is 2.79 bits per heavy atom. The Labute approximate surface area is 81.6 Å². The molecule has 0 unspecified atom stereocenters. The average Bonchev–Trinajstić information content (AvgIpc) is 2.17. The number of benzene rings is 1. The Balaban J connectivity index is 3.36. The van der Waals surface area contributed by atoms with E-state index >= 15 is 0 Å². The lowest BCUT2D eigenvalue weighted by Gasteiger charge is -2.23. The van der Waals surface area contributed by atoms with Crippen LogP contribution in [0.3, 0.4) is 0 Å². The van der Waals surface area contributed by atoms with Crippen LogP contribution in [0.1, 0.15) is 18.1 Å². The SMILES string of the molecule is C[C@@](N)(CO)c1cccc(F)c1C#N. The molecule has 0 bridgehead atoms. The normalized spacial score (nSPS) is 14.5.